The van der Waals surface area contributed by atoms with Gasteiger partial charge in [-0.25, -0.2) is 12.8 Å². The Morgan fingerprint density at radius 2 is 1.78 bits per heavy atom. The lowest BCUT2D eigenvalue weighted by Gasteiger charge is -2.30. The molecule has 0 bridgehead atoms. The molecule has 0 atom stereocenters. The summed E-state index contributed by atoms with van der Waals surface area (Å²) < 4.78 is 90.0. The van der Waals surface area contributed by atoms with E-state index in [2.05, 4.69) is 0 Å². The molecule has 0 N–H and O–H groups in total. The van der Waals surface area contributed by atoms with Gasteiger partial charge in [-0.1, -0.05) is 12.1 Å². The predicted molar refractivity (Wildman–Crippen MR) is 106 cm³/mol. The summed E-state index contributed by atoms with van der Waals surface area (Å²) in [4.78, 5) is 11.6. The smallest absolute Gasteiger partial charge is 0.417 e. The van der Waals surface area contributed by atoms with Crippen molar-refractivity contribution in [3.63, 3.8) is 0 Å². The van der Waals surface area contributed by atoms with E-state index in [1.807, 2.05) is 0 Å². The summed E-state index contributed by atoms with van der Waals surface area (Å²) in [6.07, 6.45) is -4.64. The molecule has 1 fully saturated rings. The zero-order valence-electron chi connectivity index (χ0n) is 17.1. The third-order valence-electron chi connectivity index (χ3n) is 5.21. The summed E-state index contributed by atoms with van der Waals surface area (Å²) in [6, 6.07) is 7.78. The van der Waals surface area contributed by atoms with Crippen LogP contribution < -0.4 is 4.74 Å². The van der Waals surface area contributed by atoms with Crippen molar-refractivity contribution in [1.29, 1.82) is 0 Å². The second-order valence-corrected chi connectivity index (χ2v) is 9.14. The van der Waals surface area contributed by atoms with Crippen LogP contribution in [0.1, 0.15) is 24.0 Å². The predicted octanol–water partition coefficient (Wildman–Crippen LogP) is 4.00. The first kappa shape index (κ1) is 24.0. The van der Waals surface area contributed by atoms with Gasteiger partial charge in [0.25, 0.3) is 0 Å². The molecule has 1 saturated heterocycles. The number of halogens is 4. The fourth-order valence-electron chi connectivity index (χ4n) is 3.52. The fourth-order valence-corrected chi connectivity index (χ4v) is 5.21. The van der Waals surface area contributed by atoms with Crippen LogP contribution in [0.15, 0.2) is 47.4 Å². The van der Waals surface area contributed by atoms with Crippen LogP contribution in [0.5, 0.6) is 5.75 Å². The third-order valence-corrected chi connectivity index (χ3v) is 7.17. The van der Waals surface area contributed by atoms with Crippen molar-refractivity contribution < 1.29 is 40.2 Å². The van der Waals surface area contributed by atoms with Crippen LogP contribution in [-0.4, -0.2) is 38.9 Å². The van der Waals surface area contributed by atoms with Crippen molar-refractivity contribution in [2.45, 2.75) is 30.5 Å². The summed E-state index contributed by atoms with van der Waals surface area (Å²) >= 11 is 0. The van der Waals surface area contributed by atoms with E-state index in [9.17, 15) is 30.8 Å². The number of hydrogen-bond acceptors (Lipinski definition) is 5. The number of esters is 1. The van der Waals surface area contributed by atoms with Gasteiger partial charge in [0.15, 0.2) is 0 Å². The lowest BCUT2D eigenvalue weighted by atomic mass is 9.98. The highest BCUT2D eigenvalue weighted by Gasteiger charge is 2.40. The second kappa shape index (κ2) is 9.45. The maximum atomic E-state index is 13.4. The molecule has 0 radical (unpaired) electrons. The fraction of sp³-hybridized carbons (Fsp3) is 0.381. The van der Waals surface area contributed by atoms with Crippen molar-refractivity contribution in [3.8, 4) is 5.75 Å². The van der Waals surface area contributed by atoms with E-state index < -0.39 is 44.4 Å². The molecule has 3 rings (SSSR count). The third kappa shape index (κ3) is 5.21. The zero-order valence-corrected chi connectivity index (χ0v) is 17.9. The quantitative estimate of drug-likeness (QED) is 0.467. The van der Waals surface area contributed by atoms with Gasteiger partial charge in [0, 0.05) is 18.7 Å². The van der Waals surface area contributed by atoms with Crippen molar-refractivity contribution in [2.75, 3.05) is 20.2 Å². The molecule has 2 aromatic carbocycles. The van der Waals surface area contributed by atoms with Crippen LogP contribution in [0, 0.1) is 11.7 Å². The molecule has 6 nitrogen and oxygen atoms in total. The van der Waals surface area contributed by atoms with Gasteiger partial charge in [-0.15, -0.1) is 0 Å². The van der Waals surface area contributed by atoms with Gasteiger partial charge in [0.1, 0.15) is 18.2 Å². The average Bonchev–Trinajstić information content (AvgIpc) is 2.77. The summed E-state index contributed by atoms with van der Waals surface area (Å²) in [5.41, 5.74) is -0.893. The lowest BCUT2D eigenvalue weighted by molar-refractivity contribution is -0.151. The van der Waals surface area contributed by atoms with Crippen LogP contribution in [0.25, 0.3) is 0 Å². The number of alkyl halides is 3. The SMILES string of the molecule is COc1ccc(F)cc1COC(=O)C1CCN(S(=O)(=O)c2ccccc2C(F)(F)F)CC1. The largest absolute Gasteiger partial charge is 0.496 e. The first-order valence-electron chi connectivity index (χ1n) is 9.69. The number of carbonyl (C=O) groups is 1. The van der Waals surface area contributed by atoms with Crippen molar-refractivity contribution in [1.82, 2.24) is 4.31 Å². The lowest BCUT2D eigenvalue weighted by Crippen LogP contribution is -2.41. The molecule has 11 heteroatoms. The van der Waals surface area contributed by atoms with Gasteiger partial charge in [-0.05, 0) is 43.2 Å². The number of sulfonamides is 1. The minimum Gasteiger partial charge on any atom is -0.496 e. The minimum atomic E-state index is -4.82. The van der Waals surface area contributed by atoms with Gasteiger partial charge >= 0.3 is 12.1 Å². The van der Waals surface area contributed by atoms with Crippen LogP contribution in [-0.2, 0) is 32.3 Å². The molecule has 0 aromatic heterocycles. The maximum Gasteiger partial charge on any atom is 0.417 e. The molecule has 0 unspecified atom stereocenters. The van der Waals surface area contributed by atoms with Crippen LogP contribution in [0.3, 0.4) is 0 Å². The Labute approximate surface area is 182 Å². The van der Waals surface area contributed by atoms with Gasteiger partial charge in [-0.2, -0.15) is 17.5 Å². The highest BCUT2D eigenvalue weighted by atomic mass is 32.2. The first-order valence-corrected chi connectivity index (χ1v) is 11.1. The van der Waals surface area contributed by atoms with E-state index in [4.69, 9.17) is 9.47 Å². The Bertz CT molecular complexity index is 1080. The second-order valence-electron chi connectivity index (χ2n) is 7.24. The van der Waals surface area contributed by atoms with E-state index >= 15 is 0 Å². The van der Waals surface area contributed by atoms with E-state index in [-0.39, 0.29) is 32.5 Å². The summed E-state index contributed by atoms with van der Waals surface area (Å²) in [5, 5.41) is 0. The molecule has 2 aromatic rings. The maximum absolute atomic E-state index is 13.4. The van der Waals surface area contributed by atoms with Gasteiger partial charge in [0.2, 0.25) is 10.0 Å². The van der Waals surface area contributed by atoms with Crippen molar-refractivity contribution in [2.24, 2.45) is 5.92 Å². The normalized spacial score (nSPS) is 16.0. The molecule has 0 saturated carbocycles. The zero-order chi connectivity index (χ0) is 23.5. The Morgan fingerprint density at radius 1 is 1.12 bits per heavy atom. The Hall–Kier alpha value is -2.66. The van der Waals surface area contributed by atoms with Crippen LogP contribution >= 0.6 is 0 Å². The Kier molecular flexibility index (Phi) is 7.09. The highest BCUT2D eigenvalue weighted by Crippen LogP contribution is 2.36. The molecule has 1 aliphatic heterocycles. The molecule has 0 aliphatic carbocycles. The van der Waals surface area contributed by atoms with Crippen LogP contribution in [0.2, 0.25) is 0 Å². The van der Waals surface area contributed by atoms with Gasteiger partial charge in [0.05, 0.1) is 23.5 Å². The number of methoxy groups -OCH3 is 1. The van der Waals surface area contributed by atoms with Gasteiger partial charge < -0.3 is 9.47 Å². The van der Waals surface area contributed by atoms with Crippen molar-refractivity contribution >= 4 is 16.0 Å². The van der Waals surface area contributed by atoms with E-state index in [0.717, 1.165) is 22.5 Å². The minimum absolute atomic E-state index is 0.0898. The summed E-state index contributed by atoms with van der Waals surface area (Å²) in [5.74, 6) is -1.39. The Morgan fingerprint density at radius 3 is 2.41 bits per heavy atom. The first-order chi connectivity index (χ1) is 15.0. The number of benzene rings is 2. The highest BCUT2D eigenvalue weighted by molar-refractivity contribution is 7.89. The van der Waals surface area contributed by atoms with Gasteiger partial charge in [-0.3, -0.25) is 4.79 Å². The van der Waals surface area contributed by atoms with E-state index in [1.165, 1.54) is 31.4 Å². The summed E-state index contributed by atoms with van der Waals surface area (Å²) in [7, 11) is -3.00. The standard InChI is InChI=1S/C21H21F4NO5S/c1-30-18-7-6-16(22)12-15(18)13-31-20(27)14-8-10-26(11-9-14)32(28,29)19-5-3-2-4-17(19)21(23,24)25/h2-7,12,14H,8-11,13H2,1H3. The monoisotopic (exact) mass is 475 g/mol. The molecule has 1 aliphatic rings. The van der Waals surface area contributed by atoms with Crippen molar-refractivity contribution in [3.05, 3.63) is 59.4 Å². The molecular weight excluding hydrogens is 454 g/mol. The molecule has 0 spiro atoms. The topological polar surface area (TPSA) is 72.9 Å². The summed E-state index contributed by atoms with van der Waals surface area (Å²) in [6.45, 7) is -0.480. The van der Waals surface area contributed by atoms with E-state index in [0.29, 0.717) is 11.3 Å². The molecule has 32 heavy (non-hydrogen) atoms. The number of rotatable bonds is 6. The molecule has 1 heterocycles. The number of nitrogens with zero attached hydrogens (tertiary/aromatic N) is 1. The number of carbonyl (C=O) groups excluding carboxylic acids is 1. The number of piperidine rings is 1. The molecule has 0 amide bonds. The van der Waals surface area contributed by atoms with Crippen LogP contribution in [0.4, 0.5) is 17.6 Å². The molecular formula is C21H21F4NO5S. The average molecular weight is 475 g/mol. The number of ether oxygens (including phenoxy) is 2. The molecule has 174 valence electrons. The Balaban J connectivity index is 1.64. The van der Waals surface area contributed by atoms with E-state index in [1.54, 1.807) is 0 Å². The number of hydrogen-bond donors (Lipinski definition) is 0.